The molecule has 3 fully saturated rings. The lowest BCUT2D eigenvalue weighted by Gasteiger charge is -1.48. The first-order valence-corrected chi connectivity index (χ1v) is 19.3. The molecule has 0 bridgehead atoms. The molecule has 0 saturated heterocycles. The van der Waals surface area contributed by atoms with Crippen LogP contribution in [0.25, 0.3) is 0 Å². The molecule has 0 N–H and O–H groups in total. The second-order valence-electron chi connectivity index (χ2n) is 4.60. The second kappa shape index (κ2) is 503. The van der Waals surface area contributed by atoms with Crippen LogP contribution in [-0.2, 0) is 0 Å². The Labute approximate surface area is 278 Å². The van der Waals surface area contributed by atoms with Gasteiger partial charge in [-0.25, -0.2) is 0 Å². The van der Waals surface area contributed by atoms with E-state index in [1.54, 1.807) is 0 Å². The summed E-state index contributed by atoms with van der Waals surface area (Å²) >= 11 is 0. The molecule has 0 spiro atoms. The number of hydrogen-bond donors (Lipinski definition) is 0. The molecule has 0 aromatic carbocycles. The van der Waals surface area contributed by atoms with Crippen LogP contribution in [0.4, 0.5) is 0 Å². The monoisotopic (exact) mass is 607 g/mol. The van der Waals surface area contributed by atoms with Gasteiger partial charge in [0.25, 0.3) is 0 Å². The molecule has 41 heavy (non-hydrogen) atoms. The summed E-state index contributed by atoms with van der Waals surface area (Å²) < 4.78 is 0. The van der Waals surface area contributed by atoms with Gasteiger partial charge in [0.05, 0.1) is 0 Å². The fraction of sp³-hybridized carbons (Fsp3) is 1.00. The van der Waals surface area contributed by atoms with Crippen molar-refractivity contribution >= 4 is 0 Å². The minimum Gasteiger partial charge on any atom is -0.0776 e. The molecule has 0 aliphatic heterocycles. The van der Waals surface area contributed by atoms with Gasteiger partial charge in [-0.3, -0.25) is 0 Å². The van der Waals surface area contributed by atoms with Crippen LogP contribution in [0.15, 0.2) is 0 Å². The number of hydrogen-bond acceptors (Lipinski definition) is 0. The van der Waals surface area contributed by atoms with Gasteiger partial charge >= 0.3 is 0 Å². The van der Waals surface area contributed by atoms with Crippen molar-refractivity contribution in [3.05, 3.63) is 0 Å². The summed E-state index contributed by atoms with van der Waals surface area (Å²) in [5.41, 5.74) is 0. The highest BCUT2D eigenvalue weighted by Crippen LogP contribution is 2.15. The Hall–Kier alpha value is 0. The Morgan fingerprint density at radius 1 is 0.195 bits per heavy atom. The van der Waals surface area contributed by atoms with E-state index >= 15 is 0 Å². The smallest absolute Gasteiger partial charge is 0.0533 e. The zero-order chi connectivity index (χ0) is 35.8. The van der Waals surface area contributed by atoms with Crippen LogP contribution in [0.2, 0.25) is 0 Å². The summed E-state index contributed by atoms with van der Waals surface area (Å²) in [5.74, 6) is 0. The predicted molar refractivity (Wildman–Crippen MR) is 223 cm³/mol. The molecule has 0 heteroatoms. The van der Waals surface area contributed by atoms with Crippen molar-refractivity contribution in [1.82, 2.24) is 0 Å². The van der Waals surface area contributed by atoms with Crippen LogP contribution in [0.3, 0.4) is 0 Å². The van der Waals surface area contributed by atoms with Crippen LogP contribution in [0.5, 0.6) is 0 Å². The highest BCUT2D eigenvalue weighted by Gasteiger charge is 1.95. The molecule has 0 heterocycles. The zero-order valence-electron chi connectivity index (χ0n) is 35.8. The molecule has 3 rings (SSSR count). The molecule has 3 aliphatic rings. The van der Waals surface area contributed by atoms with Crippen molar-refractivity contribution in [3.8, 4) is 0 Å². The first kappa shape index (κ1) is 105. The van der Waals surface area contributed by atoms with Crippen LogP contribution in [0, 0.1) is 0 Å². The predicted octanol–water partition coefficient (Wildman–Crippen LogP) is 19.9. The van der Waals surface area contributed by atoms with E-state index in [-0.39, 0.29) is 14.9 Å². The Kier molecular flexibility index (Phi) is 1290. The molecule has 0 amide bonds. The van der Waals surface area contributed by atoms with E-state index < -0.39 is 0 Å². The summed E-state index contributed by atoms with van der Waals surface area (Å²) in [6.45, 7) is 56.5. The zero-order valence-corrected chi connectivity index (χ0v) is 35.8. The average Bonchev–Trinajstić information content (AvgIpc) is 3.90. The molecule has 0 radical (unpaired) electrons. The van der Waals surface area contributed by atoms with Crippen molar-refractivity contribution in [2.24, 2.45) is 0 Å². The Bertz CT molecular complexity index is 45.6. The van der Waals surface area contributed by atoms with Crippen LogP contribution >= 0.6 is 0 Å². The molecule has 3 saturated carbocycles. The van der Waals surface area contributed by atoms with Crippen LogP contribution in [-0.4, -0.2) is 0 Å². The SMILES string of the molecule is C.C.C1CC1.C1CC1.C1CC1.CC.CC.CC.CC.CC.CC.CC.CC.CC.CC.CC.CC.CCC.CCC. The highest BCUT2D eigenvalue weighted by atomic mass is 14.0. The number of rotatable bonds is 0. The van der Waals surface area contributed by atoms with Gasteiger partial charge in [-0.15, -0.1) is 0 Å². The van der Waals surface area contributed by atoms with Gasteiger partial charge in [-0.2, -0.15) is 0 Å². The Morgan fingerprint density at radius 2 is 0.220 bits per heavy atom. The molecule has 278 valence electrons. The fourth-order valence-corrected chi connectivity index (χ4v) is 0. The molecule has 0 aromatic rings. The summed E-state index contributed by atoms with van der Waals surface area (Å²) in [4.78, 5) is 0. The minimum absolute atomic E-state index is 0. The fourth-order valence-electron chi connectivity index (χ4n) is 0. The minimum atomic E-state index is 0. The third-order valence-electron chi connectivity index (χ3n) is 1.06. The molecule has 0 nitrogen and oxygen atoms in total. The van der Waals surface area contributed by atoms with E-state index in [1.807, 2.05) is 166 Å². The molecular weight excluding hydrogens is 492 g/mol. The summed E-state index contributed by atoms with van der Waals surface area (Å²) in [6, 6.07) is 0. The van der Waals surface area contributed by atoms with Crippen molar-refractivity contribution < 1.29 is 0 Å². The van der Waals surface area contributed by atoms with Crippen molar-refractivity contribution in [2.45, 2.75) is 279 Å². The van der Waals surface area contributed by atoms with Crippen molar-refractivity contribution in [2.75, 3.05) is 0 Å². The first-order chi connectivity index (χ1) is 19.3. The lowest BCUT2D eigenvalue weighted by atomic mass is 10.6. The summed E-state index contributed by atoms with van der Waals surface area (Å²) in [7, 11) is 0. The van der Waals surface area contributed by atoms with Gasteiger partial charge in [0.2, 0.25) is 0 Å². The summed E-state index contributed by atoms with van der Waals surface area (Å²) in [5, 5.41) is 0. The van der Waals surface area contributed by atoms with Gasteiger partial charge < -0.3 is 0 Å². The lowest BCUT2D eigenvalue weighted by molar-refractivity contribution is 1.09. The van der Waals surface area contributed by atoms with Gasteiger partial charge in [-0.05, 0) is 0 Å². The Morgan fingerprint density at radius 3 is 0.220 bits per heavy atom. The van der Waals surface area contributed by atoms with Gasteiger partial charge in [0, 0.05) is 0 Å². The van der Waals surface area contributed by atoms with Crippen LogP contribution < -0.4 is 0 Å². The maximum absolute atomic E-state index is 2.12. The van der Waals surface area contributed by atoms with Crippen molar-refractivity contribution in [1.29, 1.82) is 0 Å². The summed E-state index contributed by atoms with van der Waals surface area (Å²) in [6.07, 6.45) is 16.0. The van der Waals surface area contributed by atoms with Crippen LogP contribution in [0.1, 0.15) is 279 Å². The average molecular weight is 607 g/mol. The normalized spacial score (nSPS) is 7.90. The van der Waals surface area contributed by atoms with Gasteiger partial charge in [0.1, 0.15) is 0 Å². The molecule has 3 aliphatic carbocycles. The van der Waals surface area contributed by atoms with E-state index in [9.17, 15) is 0 Å². The maximum atomic E-state index is 2.12. The first-order valence-electron chi connectivity index (χ1n) is 19.3. The van der Waals surface area contributed by atoms with E-state index in [0.29, 0.717) is 0 Å². The maximum Gasteiger partial charge on any atom is -0.0533 e. The standard InChI is InChI=1S/3C3H6.2C3H8.12C2H6.2CH4/c3*1-2-3-1;2*1-3-2;12*1-2;;/h3*1-3H2;2*3H2,1-2H3;12*1-2H3;2*1H4. The third kappa shape index (κ3) is 6420. The largest absolute Gasteiger partial charge is 0.0776 e. The Balaban J connectivity index is -0.0000000116. The molecular formula is C41H114. The third-order valence-corrected chi connectivity index (χ3v) is 1.06. The van der Waals surface area contributed by atoms with Gasteiger partial charge in [-0.1, -0.05) is 279 Å². The molecule has 0 atom stereocenters. The van der Waals surface area contributed by atoms with E-state index in [4.69, 9.17) is 0 Å². The van der Waals surface area contributed by atoms with E-state index in [1.165, 1.54) is 70.6 Å². The molecule has 0 aromatic heterocycles. The lowest BCUT2D eigenvalue weighted by Crippen LogP contribution is -1.27. The van der Waals surface area contributed by atoms with Gasteiger partial charge in [0.15, 0.2) is 0 Å². The van der Waals surface area contributed by atoms with E-state index in [2.05, 4.69) is 27.7 Å². The van der Waals surface area contributed by atoms with Crippen molar-refractivity contribution in [3.63, 3.8) is 0 Å². The van der Waals surface area contributed by atoms with E-state index in [0.717, 1.165) is 0 Å². The molecule has 0 unspecified atom stereocenters. The topological polar surface area (TPSA) is 0 Å². The highest BCUT2D eigenvalue weighted by molar-refractivity contribution is 4.51. The second-order valence-corrected chi connectivity index (χ2v) is 4.60. The quantitative estimate of drug-likeness (QED) is 0.257.